The lowest BCUT2D eigenvalue weighted by Gasteiger charge is -2.20. The topological polar surface area (TPSA) is 39.9 Å². The van der Waals surface area contributed by atoms with E-state index >= 15 is 0 Å². The molecule has 1 aromatic heterocycles. The third-order valence-corrected chi connectivity index (χ3v) is 2.20. The smallest absolute Gasteiger partial charge is 0.146 e. The molecule has 0 spiro atoms. The van der Waals surface area contributed by atoms with Gasteiger partial charge in [-0.2, -0.15) is 5.26 Å². The number of hydrogen-bond donors (Lipinski definition) is 0. The molecule has 0 aliphatic rings. The van der Waals surface area contributed by atoms with Crippen LogP contribution in [0.15, 0.2) is 12.1 Å². The second kappa shape index (κ2) is 4.61. The van der Waals surface area contributed by atoms with Gasteiger partial charge in [0.1, 0.15) is 11.9 Å². The van der Waals surface area contributed by atoms with E-state index in [-0.39, 0.29) is 0 Å². The van der Waals surface area contributed by atoms with Gasteiger partial charge < -0.3 is 4.90 Å². The first-order chi connectivity index (χ1) is 6.72. The van der Waals surface area contributed by atoms with Crippen LogP contribution >= 0.6 is 0 Å². The predicted molar refractivity (Wildman–Crippen MR) is 57.3 cm³/mol. The van der Waals surface area contributed by atoms with E-state index in [2.05, 4.69) is 29.8 Å². The summed E-state index contributed by atoms with van der Waals surface area (Å²) >= 11 is 0. The van der Waals surface area contributed by atoms with Gasteiger partial charge in [0.05, 0.1) is 5.56 Å². The average Bonchev–Trinajstić information content (AvgIpc) is 2.20. The summed E-state index contributed by atoms with van der Waals surface area (Å²) in [7, 11) is 0. The maximum Gasteiger partial charge on any atom is 0.146 e. The van der Waals surface area contributed by atoms with Gasteiger partial charge in [0.15, 0.2) is 0 Å². The molecule has 74 valence electrons. The quantitative estimate of drug-likeness (QED) is 0.731. The Bertz CT molecular complexity index is 348. The molecule has 14 heavy (non-hydrogen) atoms. The van der Waals surface area contributed by atoms with Crippen molar-refractivity contribution in [3.63, 3.8) is 0 Å². The number of anilines is 1. The van der Waals surface area contributed by atoms with E-state index in [9.17, 15) is 0 Å². The molecule has 0 atom stereocenters. The molecule has 0 fully saturated rings. The molecule has 0 saturated heterocycles. The molecule has 0 saturated carbocycles. The summed E-state index contributed by atoms with van der Waals surface area (Å²) < 4.78 is 0. The fourth-order valence-corrected chi connectivity index (χ4v) is 1.39. The van der Waals surface area contributed by atoms with Crippen LogP contribution in [0, 0.1) is 18.3 Å². The highest BCUT2D eigenvalue weighted by molar-refractivity contribution is 5.54. The molecule has 0 bridgehead atoms. The molecular weight excluding hydrogens is 174 g/mol. The minimum atomic E-state index is 0.652. The highest BCUT2D eigenvalue weighted by Crippen LogP contribution is 2.16. The second-order valence-electron chi connectivity index (χ2n) is 3.11. The van der Waals surface area contributed by atoms with Crippen LogP contribution in [-0.2, 0) is 0 Å². The largest absolute Gasteiger partial charge is 0.356 e. The van der Waals surface area contributed by atoms with E-state index < -0.39 is 0 Å². The van der Waals surface area contributed by atoms with Crippen molar-refractivity contribution in [2.45, 2.75) is 20.8 Å². The number of nitrogens with zero attached hydrogens (tertiary/aromatic N) is 3. The van der Waals surface area contributed by atoms with Crippen molar-refractivity contribution in [1.29, 1.82) is 5.26 Å². The number of aromatic nitrogens is 1. The number of hydrogen-bond acceptors (Lipinski definition) is 3. The Morgan fingerprint density at radius 2 is 2.00 bits per heavy atom. The molecule has 0 aliphatic carbocycles. The van der Waals surface area contributed by atoms with Gasteiger partial charge in [-0.3, -0.25) is 0 Å². The Hall–Kier alpha value is -1.56. The molecule has 3 nitrogen and oxygen atoms in total. The molecule has 1 aromatic rings. The zero-order valence-corrected chi connectivity index (χ0v) is 8.91. The van der Waals surface area contributed by atoms with Gasteiger partial charge in [0.2, 0.25) is 0 Å². The fraction of sp³-hybridized carbons (Fsp3) is 0.455. The van der Waals surface area contributed by atoms with Gasteiger partial charge >= 0.3 is 0 Å². The van der Waals surface area contributed by atoms with Crippen LogP contribution in [0.4, 0.5) is 5.82 Å². The van der Waals surface area contributed by atoms with E-state index in [1.807, 2.05) is 19.1 Å². The van der Waals surface area contributed by atoms with E-state index in [1.165, 1.54) is 0 Å². The lowest BCUT2D eigenvalue weighted by Crippen LogP contribution is -2.24. The Kier molecular flexibility index (Phi) is 3.47. The average molecular weight is 189 g/mol. The summed E-state index contributed by atoms with van der Waals surface area (Å²) in [4.78, 5) is 6.48. The molecular formula is C11H15N3. The van der Waals surface area contributed by atoms with Gasteiger partial charge in [-0.05, 0) is 32.9 Å². The third kappa shape index (κ3) is 2.02. The van der Waals surface area contributed by atoms with Gasteiger partial charge in [0, 0.05) is 18.8 Å². The van der Waals surface area contributed by atoms with Crippen LogP contribution in [0.25, 0.3) is 0 Å². The van der Waals surface area contributed by atoms with E-state index in [0.29, 0.717) is 5.56 Å². The first-order valence-corrected chi connectivity index (χ1v) is 4.85. The van der Waals surface area contributed by atoms with Crippen molar-refractivity contribution in [3.8, 4) is 6.07 Å². The lowest BCUT2D eigenvalue weighted by molar-refractivity contribution is 0.840. The van der Waals surface area contributed by atoms with Crippen molar-refractivity contribution < 1.29 is 0 Å². The zero-order chi connectivity index (χ0) is 10.6. The number of aryl methyl sites for hydroxylation is 1. The summed E-state index contributed by atoms with van der Waals surface area (Å²) in [5, 5.41) is 8.93. The Morgan fingerprint density at radius 3 is 2.50 bits per heavy atom. The summed E-state index contributed by atoms with van der Waals surface area (Å²) in [5.74, 6) is 0.803. The summed E-state index contributed by atoms with van der Waals surface area (Å²) in [6.45, 7) is 7.82. The molecule has 1 heterocycles. The maximum atomic E-state index is 8.93. The molecule has 0 amide bonds. The van der Waals surface area contributed by atoms with Crippen LogP contribution in [-0.4, -0.2) is 18.1 Å². The van der Waals surface area contributed by atoms with Crippen molar-refractivity contribution in [2.75, 3.05) is 18.0 Å². The monoisotopic (exact) mass is 189 g/mol. The Balaban J connectivity index is 3.16. The van der Waals surface area contributed by atoms with Crippen LogP contribution in [0.5, 0.6) is 0 Å². The molecule has 0 aliphatic heterocycles. The number of nitriles is 1. The van der Waals surface area contributed by atoms with Crippen molar-refractivity contribution in [3.05, 3.63) is 23.4 Å². The maximum absolute atomic E-state index is 8.93. The number of rotatable bonds is 3. The zero-order valence-electron chi connectivity index (χ0n) is 8.91. The third-order valence-electron chi connectivity index (χ3n) is 2.20. The SMILES string of the molecule is CCN(CC)c1nc(C)ccc1C#N. The highest BCUT2D eigenvalue weighted by Gasteiger charge is 2.09. The molecule has 0 unspecified atom stereocenters. The summed E-state index contributed by atoms with van der Waals surface area (Å²) in [6, 6.07) is 5.86. The van der Waals surface area contributed by atoms with Gasteiger partial charge in [0.25, 0.3) is 0 Å². The number of pyridine rings is 1. The molecule has 0 N–H and O–H groups in total. The van der Waals surface area contributed by atoms with Crippen molar-refractivity contribution in [1.82, 2.24) is 4.98 Å². The molecule has 0 aromatic carbocycles. The minimum Gasteiger partial charge on any atom is -0.356 e. The normalized spacial score (nSPS) is 9.57. The van der Waals surface area contributed by atoms with Crippen LogP contribution in [0.1, 0.15) is 25.1 Å². The lowest BCUT2D eigenvalue weighted by atomic mass is 10.2. The minimum absolute atomic E-state index is 0.652. The molecule has 0 radical (unpaired) electrons. The van der Waals surface area contributed by atoms with Gasteiger partial charge in [-0.1, -0.05) is 0 Å². The Morgan fingerprint density at radius 1 is 1.36 bits per heavy atom. The standard InChI is InChI=1S/C11H15N3/c1-4-14(5-2)11-10(8-12)7-6-9(3)13-11/h6-7H,4-5H2,1-3H3. The first-order valence-electron chi connectivity index (χ1n) is 4.85. The molecule has 1 rings (SSSR count). The predicted octanol–water partition coefficient (Wildman–Crippen LogP) is 2.11. The Labute approximate surface area is 85.0 Å². The van der Waals surface area contributed by atoms with E-state index in [4.69, 9.17) is 5.26 Å². The van der Waals surface area contributed by atoms with E-state index in [0.717, 1.165) is 24.6 Å². The van der Waals surface area contributed by atoms with Crippen molar-refractivity contribution in [2.24, 2.45) is 0 Å². The molecule has 3 heteroatoms. The van der Waals surface area contributed by atoms with Gasteiger partial charge in [-0.15, -0.1) is 0 Å². The highest BCUT2D eigenvalue weighted by atomic mass is 15.2. The summed E-state index contributed by atoms with van der Waals surface area (Å²) in [6.07, 6.45) is 0. The van der Waals surface area contributed by atoms with Gasteiger partial charge in [-0.25, -0.2) is 4.98 Å². The fourth-order valence-electron chi connectivity index (χ4n) is 1.39. The second-order valence-corrected chi connectivity index (χ2v) is 3.11. The van der Waals surface area contributed by atoms with E-state index in [1.54, 1.807) is 0 Å². The van der Waals surface area contributed by atoms with Crippen LogP contribution in [0.3, 0.4) is 0 Å². The van der Waals surface area contributed by atoms with Crippen LogP contribution in [0.2, 0.25) is 0 Å². The van der Waals surface area contributed by atoms with Crippen LogP contribution < -0.4 is 4.90 Å². The first kappa shape index (κ1) is 10.5. The summed E-state index contributed by atoms with van der Waals surface area (Å²) in [5.41, 5.74) is 1.60. The van der Waals surface area contributed by atoms with Crippen molar-refractivity contribution >= 4 is 5.82 Å².